The average Bonchev–Trinajstić information content (AvgIpc) is 3.31. The largest absolute Gasteiger partial charge is 0.466 e. The Morgan fingerprint density at radius 1 is 1.25 bits per heavy atom. The predicted octanol–water partition coefficient (Wildman–Crippen LogP) is 3.67. The van der Waals surface area contributed by atoms with Crippen molar-refractivity contribution in [3.63, 3.8) is 0 Å². The molecule has 3 atom stereocenters. The number of rotatable bonds is 5. The minimum atomic E-state index is -0.936. The topological polar surface area (TPSA) is 76.8 Å². The van der Waals surface area contributed by atoms with Gasteiger partial charge >= 0.3 is 5.97 Å². The predicted molar refractivity (Wildman–Crippen MR) is 106 cm³/mol. The number of hydrogen-bond acceptors (Lipinski definition) is 6. The van der Waals surface area contributed by atoms with E-state index >= 15 is 0 Å². The van der Waals surface area contributed by atoms with E-state index in [4.69, 9.17) is 9.15 Å². The van der Waals surface area contributed by atoms with Crippen LogP contribution in [0.3, 0.4) is 0 Å². The van der Waals surface area contributed by atoms with Gasteiger partial charge in [0.2, 0.25) is 11.7 Å². The van der Waals surface area contributed by atoms with Gasteiger partial charge in [0.1, 0.15) is 17.2 Å². The molecule has 1 aromatic carbocycles. The van der Waals surface area contributed by atoms with Crippen LogP contribution in [0.1, 0.15) is 46.5 Å². The summed E-state index contributed by atoms with van der Waals surface area (Å²) in [7, 11) is 0. The van der Waals surface area contributed by atoms with Crippen LogP contribution in [-0.4, -0.2) is 40.5 Å². The number of amides is 1. The third-order valence-electron chi connectivity index (χ3n) is 4.74. The summed E-state index contributed by atoms with van der Waals surface area (Å²) in [4.78, 5) is 39.2. The van der Waals surface area contributed by atoms with Gasteiger partial charge in [-0.3, -0.25) is 9.59 Å². The molecule has 0 saturated carbocycles. The van der Waals surface area contributed by atoms with E-state index in [0.29, 0.717) is 17.1 Å². The Balaban J connectivity index is 1.73. The van der Waals surface area contributed by atoms with Crippen LogP contribution in [-0.2, 0) is 14.3 Å². The second-order valence-electron chi connectivity index (χ2n) is 6.90. The fraction of sp³-hybridized carbons (Fsp3) is 0.381. The van der Waals surface area contributed by atoms with E-state index in [2.05, 4.69) is 0 Å². The first kappa shape index (κ1) is 20.2. The van der Waals surface area contributed by atoms with Crippen molar-refractivity contribution in [2.75, 3.05) is 5.75 Å². The second kappa shape index (κ2) is 8.22. The van der Waals surface area contributed by atoms with E-state index in [1.165, 1.54) is 29.8 Å². The molecule has 1 amide bonds. The highest BCUT2D eigenvalue weighted by Crippen LogP contribution is 2.41. The molecule has 28 heavy (non-hydrogen) atoms. The first-order valence-electron chi connectivity index (χ1n) is 9.05. The molecule has 1 saturated heterocycles. The van der Waals surface area contributed by atoms with Crippen LogP contribution in [0.5, 0.6) is 0 Å². The maximum atomic E-state index is 12.8. The Hall–Kier alpha value is -2.54. The van der Waals surface area contributed by atoms with E-state index in [1.54, 1.807) is 25.1 Å². The molecule has 0 radical (unpaired) electrons. The summed E-state index contributed by atoms with van der Waals surface area (Å²) in [5.41, 5.74) is 2.33. The summed E-state index contributed by atoms with van der Waals surface area (Å²) in [5.74, 6) is -0.0920. The van der Waals surface area contributed by atoms with Crippen molar-refractivity contribution in [3.8, 4) is 0 Å². The molecule has 0 N–H and O–H groups in total. The third-order valence-corrected chi connectivity index (χ3v) is 6.03. The van der Waals surface area contributed by atoms with Crippen LogP contribution in [0.4, 0.5) is 0 Å². The summed E-state index contributed by atoms with van der Waals surface area (Å²) in [6.45, 7) is 6.72. The molecule has 1 aromatic heterocycles. The summed E-state index contributed by atoms with van der Waals surface area (Å²) in [6.07, 6.45) is 0.597. The molecule has 148 valence electrons. The van der Waals surface area contributed by atoms with Gasteiger partial charge in [-0.05, 0) is 44.5 Å². The maximum Gasteiger partial charge on any atom is 0.330 e. The van der Waals surface area contributed by atoms with Crippen molar-refractivity contribution < 1.29 is 23.5 Å². The Morgan fingerprint density at radius 3 is 2.64 bits per heavy atom. The molecule has 1 fully saturated rings. The van der Waals surface area contributed by atoms with Gasteiger partial charge in [-0.1, -0.05) is 17.7 Å². The van der Waals surface area contributed by atoms with Crippen molar-refractivity contribution in [2.24, 2.45) is 0 Å². The van der Waals surface area contributed by atoms with E-state index in [9.17, 15) is 14.4 Å². The molecule has 6 nitrogen and oxygen atoms in total. The lowest BCUT2D eigenvalue weighted by molar-refractivity contribution is -0.155. The minimum Gasteiger partial charge on any atom is -0.466 e. The van der Waals surface area contributed by atoms with Gasteiger partial charge in [-0.15, -0.1) is 11.8 Å². The molecule has 3 rings (SSSR count). The number of hydrogen-bond donors (Lipinski definition) is 0. The molecule has 0 bridgehead atoms. The van der Waals surface area contributed by atoms with Gasteiger partial charge in [-0.2, -0.15) is 0 Å². The van der Waals surface area contributed by atoms with Crippen molar-refractivity contribution in [1.82, 2.24) is 4.90 Å². The molecule has 0 unspecified atom stereocenters. The van der Waals surface area contributed by atoms with Crippen LogP contribution in [0, 0.1) is 13.8 Å². The number of furan rings is 1. The molecular formula is C21H23NO5S. The van der Waals surface area contributed by atoms with E-state index in [0.717, 1.165) is 11.1 Å². The molecule has 0 spiro atoms. The zero-order valence-electron chi connectivity index (χ0n) is 16.3. The average molecular weight is 401 g/mol. The molecule has 7 heteroatoms. The molecular weight excluding hydrogens is 378 g/mol. The number of nitrogens with zero attached hydrogens (tertiary/aromatic N) is 1. The second-order valence-corrected chi connectivity index (χ2v) is 8.02. The van der Waals surface area contributed by atoms with Crippen LogP contribution in [0.2, 0.25) is 0 Å². The van der Waals surface area contributed by atoms with Crippen molar-refractivity contribution in [2.45, 2.75) is 45.2 Å². The molecule has 2 aromatic rings. The van der Waals surface area contributed by atoms with Gasteiger partial charge in [-0.25, -0.2) is 4.79 Å². The third kappa shape index (κ3) is 3.99. The zero-order chi connectivity index (χ0) is 20.4. The quantitative estimate of drug-likeness (QED) is 0.562. The Bertz CT molecular complexity index is 892. The van der Waals surface area contributed by atoms with Crippen LogP contribution in [0.25, 0.3) is 0 Å². The van der Waals surface area contributed by atoms with Gasteiger partial charge in [0, 0.05) is 18.2 Å². The first-order valence-corrected chi connectivity index (χ1v) is 10.1. The Morgan fingerprint density at radius 2 is 2.00 bits per heavy atom. The number of benzene rings is 1. The summed E-state index contributed by atoms with van der Waals surface area (Å²) < 4.78 is 10.9. The highest BCUT2D eigenvalue weighted by molar-refractivity contribution is 7.99. The number of esters is 1. The monoisotopic (exact) mass is 401 g/mol. The van der Waals surface area contributed by atoms with E-state index in [1.807, 2.05) is 26.0 Å². The fourth-order valence-electron chi connectivity index (χ4n) is 3.25. The van der Waals surface area contributed by atoms with Crippen molar-refractivity contribution >= 4 is 29.4 Å². The van der Waals surface area contributed by atoms with Gasteiger partial charge in [0.05, 0.1) is 6.26 Å². The first-order chi connectivity index (χ1) is 13.3. The number of Topliss-reactive ketones (excluding diaryl/α,β-unsaturated/α-hetero) is 1. The maximum absolute atomic E-state index is 12.8. The lowest BCUT2D eigenvalue weighted by atomic mass is 9.99. The number of carbonyl (C=O) groups is 3. The number of carbonyl (C=O) groups excluding carboxylic acids is 3. The van der Waals surface area contributed by atoms with Crippen molar-refractivity contribution in [3.05, 3.63) is 59.0 Å². The van der Waals surface area contributed by atoms with Crippen LogP contribution >= 0.6 is 11.8 Å². The summed E-state index contributed by atoms with van der Waals surface area (Å²) in [6, 6.07) is 8.35. The van der Waals surface area contributed by atoms with Crippen LogP contribution in [0.15, 0.2) is 41.0 Å². The standard InChI is InChI=1S/C21H23NO5S/c1-12-7-8-13(2)16(10-12)19(24)14(3)27-21(25)17-11-28-20(22(17)15(4)23)18-6-5-9-26-18/h5-10,14,17,20H,11H2,1-4H3/t14-,17+,20+/m0/s1. The molecule has 0 aliphatic carbocycles. The minimum absolute atomic E-state index is 0.248. The molecule has 1 aliphatic rings. The smallest absolute Gasteiger partial charge is 0.330 e. The highest BCUT2D eigenvalue weighted by atomic mass is 32.2. The molecule has 2 heterocycles. The number of aryl methyl sites for hydroxylation is 2. The van der Waals surface area contributed by atoms with E-state index < -0.39 is 18.1 Å². The Kier molecular flexibility index (Phi) is 5.93. The van der Waals surface area contributed by atoms with Gasteiger partial charge < -0.3 is 14.1 Å². The SMILES string of the molecule is CC(=O)N1[C@@H](C(=O)O[C@@H](C)C(=O)c2cc(C)ccc2C)CS[C@@H]1c1ccco1. The zero-order valence-corrected chi connectivity index (χ0v) is 17.1. The number of ketones is 1. The normalized spacial score (nSPS) is 20.1. The number of ether oxygens (including phenoxy) is 1. The summed E-state index contributed by atoms with van der Waals surface area (Å²) >= 11 is 1.43. The molecule has 1 aliphatic heterocycles. The van der Waals surface area contributed by atoms with Gasteiger partial charge in [0.25, 0.3) is 0 Å². The van der Waals surface area contributed by atoms with Gasteiger partial charge in [0.15, 0.2) is 6.10 Å². The van der Waals surface area contributed by atoms with Crippen LogP contribution < -0.4 is 0 Å². The van der Waals surface area contributed by atoms with E-state index in [-0.39, 0.29) is 17.1 Å². The fourth-order valence-corrected chi connectivity index (χ4v) is 4.67. The lowest BCUT2D eigenvalue weighted by Gasteiger charge is -2.26. The summed E-state index contributed by atoms with van der Waals surface area (Å²) in [5, 5.41) is -0.380. The number of thioether (sulfide) groups is 1. The van der Waals surface area contributed by atoms with Crippen molar-refractivity contribution in [1.29, 1.82) is 0 Å². The lowest BCUT2D eigenvalue weighted by Crippen LogP contribution is -2.44. The highest BCUT2D eigenvalue weighted by Gasteiger charge is 2.43. The Labute approximate surface area is 168 Å².